The number of nitrogens with one attached hydrogen (secondary N) is 2. The maximum absolute atomic E-state index is 12.1. The molecule has 31 heavy (non-hydrogen) atoms. The average Bonchev–Trinajstić information content (AvgIpc) is 2.80. The topological polar surface area (TPSA) is 76.7 Å². The number of amides is 2. The summed E-state index contributed by atoms with van der Waals surface area (Å²) in [6, 6.07) is 22.3. The zero-order valence-electron chi connectivity index (χ0n) is 17.1. The van der Waals surface area contributed by atoms with E-state index in [1.165, 1.54) is 0 Å². The van der Waals surface area contributed by atoms with E-state index in [-0.39, 0.29) is 0 Å². The number of hydrogen-bond acceptors (Lipinski definition) is 4. The lowest BCUT2D eigenvalue weighted by Crippen LogP contribution is -2.36. The molecule has 0 bridgehead atoms. The van der Waals surface area contributed by atoms with Crippen molar-refractivity contribution in [2.24, 2.45) is 0 Å². The zero-order chi connectivity index (χ0) is 22.1. The number of hydrogen-bond donors (Lipinski definition) is 2. The first-order chi connectivity index (χ1) is 15.0. The summed E-state index contributed by atoms with van der Waals surface area (Å²) >= 11 is 3.40. The molecule has 0 fully saturated rings. The minimum Gasteiger partial charge on any atom is -0.497 e. The van der Waals surface area contributed by atoms with Gasteiger partial charge in [-0.25, -0.2) is 0 Å². The first-order valence-electron chi connectivity index (χ1n) is 9.73. The fourth-order valence-corrected chi connectivity index (χ4v) is 3.03. The van der Waals surface area contributed by atoms with E-state index in [0.717, 1.165) is 21.3 Å². The summed E-state index contributed by atoms with van der Waals surface area (Å²) < 4.78 is 11.9. The van der Waals surface area contributed by atoms with Crippen LogP contribution in [0.1, 0.15) is 11.1 Å². The van der Waals surface area contributed by atoms with Crippen LogP contribution in [0.2, 0.25) is 0 Å². The predicted molar refractivity (Wildman–Crippen MR) is 123 cm³/mol. The number of anilines is 1. The Bertz CT molecular complexity index is 1000. The van der Waals surface area contributed by atoms with Crippen molar-refractivity contribution in [1.29, 1.82) is 0 Å². The minimum atomic E-state index is -0.710. The summed E-state index contributed by atoms with van der Waals surface area (Å²) in [4.78, 5) is 24.1. The number of methoxy groups -OCH3 is 1. The van der Waals surface area contributed by atoms with E-state index in [4.69, 9.17) is 9.47 Å². The second-order valence-corrected chi connectivity index (χ2v) is 7.66. The van der Waals surface area contributed by atoms with Crippen LogP contribution in [0.3, 0.4) is 0 Å². The monoisotopic (exact) mass is 482 g/mol. The van der Waals surface area contributed by atoms with E-state index in [1.807, 2.05) is 48.5 Å². The number of carbonyl (C=O) groups is 2. The van der Waals surface area contributed by atoms with Crippen molar-refractivity contribution in [3.05, 3.63) is 88.4 Å². The van der Waals surface area contributed by atoms with Crippen molar-refractivity contribution in [3.63, 3.8) is 0 Å². The summed E-state index contributed by atoms with van der Waals surface area (Å²) in [7, 11) is 1.61. The highest BCUT2D eigenvalue weighted by atomic mass is 79.9. The van der Waals surface area contributed by atoms with Gasteiger partial charge in [0.1, 0.15) is 18.1 Å². The Morgan fingerprint density at radius 1 is 0.806 bits per heavy atom. The maximum atomic E-state index is 12.1. The second-order valence-electron chi connectivity index (χ2n) is 6.75. The van der Waals surface area contributed by atoms with Crippen molar-refractivity contribution >= 4 is 33.4 Å². The third-order valence-electron chi connectivity index (χ3n) is 4.50. The molecule has 2 N–H and O–H groups in total. The highest BCUT2D eigenvalue weighted by Crippen LogP contribution is 2.18. The minimum absolute atomic E-state index is 0.363. The molecule has 0 spiro atoms. The number of ether oxygens (including phenoxy) is 2. The number of rotatable bonds is 8. The Morgan fingerprint density at radius 2 is 1.42 bits per heavy atom. The Kier molecular flexibility index (Phi) is 8.06. The van der Waals surface area contributed by atoms with Crippen molar-refractivity contribution in [1.82, 2.24) is 5.32 Å². The number of benzene rings is 3. The van der Waals surface area contributed by atoms with E-state index in [1.54, 1.807) is 31.4 Å². The number of halogens is 1. The van der Waals surface area contributed by atoms with Crippen LogP contribution < -0.4 is 20.1 Å². The summed E-state index contributed by atoms with van der Waals surface area (Å²) in [5.41, 5.74) is 2.61. The Hall–Kier alpha value is -3.32. The van der Waals surface area contributed by atoms with Crippen LogP contribution in [0.15, 0.2) is 77.3 Å². The molecule has 0 heterocycles. The highest BCUT2D eigenvalue weighted by Gasteiger charge is 2.13. The van der Waals surface area contributed by atoms with E-state index < -0.39 is 11.8 Å². The van der Waals surface area contributed by atoms with Gasteiger partial charge in [-0.15, -0.1) is 0 Å². The molecule has 3 aromatic rings. The Morgan fingerprint density at radius 3 is 2.06 bits per heavy atom. The lowest BCUT2D eigenvalue weighted by molar-refractivity contribution is -0.136. The molecule has 160 valence electrons. The predicted octanol–water partition coefficient (Wildman–Crippen LogP) is 4.33. The summed E-state index contributed by atoms with van der Waals surface area (Å²) in [5, 5.41) is 5.21. The van der Waals surface area contributed by atoms with Crippen LogP contribution in [-0.2, 0) is 22.6 Å². The van der Waals surface area contributed by atoms with Gasteiger partial charge in [0.15, 0.2) is 0 Å². The molecular formula is C24H23BrN2O4. The van der Waals surface area contributed by atoms with Crippen LogP contribution in [0, 0.1) is 0 Å². The summed E-state index contributed by atoms with van der Waals surface area (Å²) in [6.07, 6.45) is 0.618. The third-order valence-corrected chi connectivity index (χ3v) is 5.02. The molecule has 0 aliphatic rings. The molecule has 3 aromatic carbocycles. The van der Waals surface area contributed by atoms with Crippen LogP contribution in [0.25, 0.3) is 0 Å². The van der Waals surface area contributed by atoms with Gasteiger partial charge in [0.25, 0.3) is 0 Å². The van der Waals surface area contributed by atoms with E-state index in [9.17, 15) is 9.59 Å². The Labute approximate surface area is 189 Å². The van der Waals surface area contributed by atoms with Gasteiger partial charge >= 0.3 is 11.8 Å². The molecule has 3 rings (SSSR count). The van der Waals surface area contributed by atoms with E-state index >= 15 is 0 Å². The summed E-state index contributed by atoms with van der Waals surface area (Å²) in [5.74, 6) is 0.0593. The maximum Gasteiger partial charge on any atom is 0.313 e. The average molecular weight is 483 g/mol. The molecule has 0 saturated heterocycles. The number of carbonyl (C=O) groups excluding carboxylic acids is 2. The lowest BCUT2D eigenvalue weighted by Gasteiger charge is -2.09. The van der Waals surface area contributed by atoms with E-state index in [2.05, 4.69) is 26.6 Å². The zero-order valence-corrected chi connectivity index (χ0v) is 18.6. The molecule has 0 saturated carbocycles. The SMILES string of the molecule is COc1ccc(CCNC(=O)C(=O)Nc2ccc(OCc3ccc(Br)cc3)cc2)cc1. The molecule has 2 amide bonds. The van der Waals surface area contributed by atoms with Gasteiger partial charge in [0.2, 0.25) is 0 Å². The molecule has 6 nitrogen and oxygen atoms in total. The molecule has 0 aromatic heterocycles. The third kappa shape index (κ3) is 7.15. The van der Waals surface area contributed by atoms with Crippen LogP contribution >= 0.6 is 15.9 Å². The van der Waals surface area contributed by atoms with Crippen molar-refractivity contribution in [3.8, 4) is 11.5 Å². The first kappa shape index (κ1) is 22.4. The molecule has 0 aliphatic heterocycles. The van der Waals surface area contributed by atoms with Crippen molar-refractivity contribution in [2.45, 2.75) is 13.0 Å². The largest absolute Gasteiger partial charge is 0.497 e. The van der Waals surface area contributed by atoms with Crippen molar-refractivity contribution < 1.29 is 19.1 Å². The van der Waals surface area contributed by atoms with Gasteiger partial charge in [-0.2, -0.15) is 0 Å². The van der Waals surface area contributed by atoms with Gasteiger partial charge < -0.3 is 20.1 Å². The summed E-state index contributed by atoms with van der Waals surface area (Å²) in [6.45, 7) is 0.803. The lowest BCUT2D eigenvalue weighted by atomic mass is 10.1. The Balaban J connectivity index is 1.41. The van der Waals surface area contributed by atoms with Gasteiger partial charge in [-0.05, 0) is 66.1 Å². The molecular weight excluding hydrogens is 460 g/mol. The van der Waals surface area contributed by atoms with E-state index in [0.29, 0.717) is 31.0 Å². The quantitative estimate of drug-likeness (QED) is 0.468. The van der Waals surface area contributed by atoms with Crippen molar-refractivity contribution in [2.75, 3.05) is 19.0 Å². The van der Waals surface area contributed by atoms with Gasteiger partial charge in [-0.3, -0.25) is 9.59 Å². The standard InChI is InChI=1S/C24H23BrN2O4/c1-30-21-10-4-17(5-11-21)14-15-26-23(28)24(29)27-20-8-12-22(13-9-20)31-16-18-2-6-19(25)7-3-18/h2-13H,14-16H2,1H3,(H,26,28)(H,27,29). The molecule has 0 radical (unpaired) electrons. The fraction of sp³-hybridized carbons (Fsp3) is 0.167. The second kappa shape index (κ2) is 11.2. The van der Waals surface area contributed by atoms with Crippen LogP contribution in [-0.4, -0.2) is 25.5 Å². The van der Waals surface area contributed by atoms with Crippen LogP contribution in [0.5, 0.6) is 11.5 Å². The highest BCUT2D eigenvalue weighted by molar-refractivity contribution is 9.10. The molecule has 0 unspecified atom stereocenters. The van der Waals surface area contributed by atoms with Gasteiger partial charge in [0.05, 0.1) is 7.11 Å². The van der Waals surface area contributed by atoms with Gasteiger partial charge in [0, 0.05) is 16.7 Å². The van der Waals surface area contributed by atoms with Crippen LogP contribution in [0.4, 0.5) is 5.69 Å². The molecule has 0 aliphatic carbocycles. The molecule has 7 heteroatoms. The normalized spacial score (nSPS) is 10.3. The fourth-order valence-electron chi connectivity index (χ4n) is 2.76. The molecule has 0 atom stereocenters. The first-order valence-corrected chi connectivity index (χ1v) is 10.5. The van der Waals surface area contributed by atoms with Gasteiger partial charge in [-0.1, -0.05) is 40.2 Å². The smallest absolute Gasteiger partial charge is 0.313 e.